The molecule has 0 saturated heterocycles. The first-order valence-corrected chi connectivity index (χ1v) is 8.85. The Bertz CT molecular complexity index is 524. The van der Waals surface area contributed by atoms with Crippen molar-refractivity contribution in [3.8, 4) is 0 Å². The number of amides is 3. The third kappa shape index (κ3) is 7.49. The van der Waals surface area contributed by atoms with Gasteiger partial charge in [-0.15, -0.1) is 0 Å². The second-order valence-electron chi connectivity index (χ2n) is 6.71. The van der Waals surface area contributed by atoms with Gasteiger partial charge in [0.2, 0.25) is 0 Å². The van der Waals surface area contributed by atoms with E-state index < -0.39 is 0 Å². The van der Waals surface area contributed by atoms with E-state index >= 15 is 0 Å². The predicted octanol–water partition coefficient (Wildman–Crippen LogP) is 4.31. The maximum absolute atomic E-state index is 12.2. The molecular formula is C19H31N3O2. The number of urea groups is 1. The number of anilines is 1. The second kappa shape index (κ2) is 9.96. The summed E-state index contributed by atoms with van der Waals surface area (Å²) in [4.78, 5) is 24.0. The number of carbonyl (C=O) groups excluding carboxylic acids is 2. The van der Waals surface area contributed by atoms with Crippen molar-refractivity contribution in [1.82, 2.24) is 10.6 Å². The van der Waals surface area contributed by atoms with E-state index in [1.807, 2.05) is 20.8 Å². The van der Waals surface area contributed by atoms with E-state index in [4.69, 9.17) is 0 Å². The Morgan fingerprint density at radius 3 is 2.25 bits per heavy atom. The molecule has 0 radical (unpaired) electrons. The van der Waals surface area contributed by atoms with E-state index in [0.29, 0.717) is 17.8 Å². The molecule has 3 amide bonds. The second-order valence-corrected chi connectivity index (χ2v) is 6.71. The number of hydrogen-bond acceptors (Lipinski definition) is 2. The zero-order valence-corrected chi connectivity index (χ0v) is 15.4. The van der Waals surface area contributed by atoms with Crippen LogP contribution in [0.5, 0.6) is 0 Å². The molecule has 0 heterocycles. The van der Waals surface area contributed by atoms with Crippen LogP contribution in [0.1, 0.15) is 70.2 Å². The Morgan fingerprint density at radius 1 is 1.00 bits per heavy atom. The van der Waals surface area contributed by atoms with Crippen LogP contribution in [0.2, 0.25) is 0 Å². The fourth-order valence-electron chi connectivity index (χ4n) is 2.10. The fraction of sp³-hybridized carbons (Fsp3) is 0.579. The number of benzene rings is 1. The number of unbranched alkanes of at least 4 members (excludes halogenated alkanes) is 3. The molecule has 5 nitrogen and oxygen atoms in total. The molecule has 0 spiro atoms. The Labute approximate surface area is 145 Å². The minimum absolute atomic E-state index is 0.103. The average Bonchev–Trinajstić information content (AvgIpc) is 2.55. The largest absolute Gasteiger partial charge is 0.347 e. The Kier molecular flexibility index (Phi) is 8.30. The summed E-state index contributed by atoms with van der Waals surface area (Å²) in [5.74, 6) is -0.103. The summed E-state index contributed by atoms with van der Waals surface area (Å²) in [5.41, 5.74) is 1.03. The van der Waals surface area contributed by atoms with Crippen molar-refractivity contribution in [3.63, 3.8) is 0 Å². The average molecular weight is 333 g/mol. The predicted molar refractivity (Wildman–Crippen MR) is 99.4 cm³/mol. The van der Waals surface area contributed by atoms with Gasteiger partial charge in [-0.2, -0.15) is 0 Å². The van der Waals surface area contributed by atoms with Gasteiger partial charge in [-0.05, 0) is 51.0 Å². The van der Waals surface area contributed by atoms with E-state index in [1.165, 1.54) is 12.8 Å². The molecule has 134 valence electrons. The first kappa shape index (κ1) is 20.0. The van der Waals surface area contributed by atoms with Crippen molar-refractivity contribution in [3.05, 3.63) is 29.8 Å². The van der Waals surface area contributed by atoms with E-state index in [-0.39, 0.29) is 17.5 Å². The molecule has 0 saturated carbocycles. The van der Waals surface area contributed by atoms with Gasteiger partial charge in [-0.25, -0.2) is 4.79 Å². The summed E-state index contributed by atoms with van der Waals surface area (Å²) in [5, 5.41) is 8.60. The molecule has 24 heavy (non-hydrogen) atoms. The van der Waals surface area contributed by atoms with Crippen molar-refractivity contribution in [2.75, 3.05) is 11.9 Å². The summed E-state index contributed by atoms with van der Waals surface area (Å²) in [6.07, 6.45) is 5.36. The topological polar surface area (TPSA) is 70.2 Å². The van der Waals surface area contributed by atoms with E-state index in [9.17, 15) is 9.59 Å². The van der Waals surface area contributed by atoms with Gasteiger partial charge in [0, 0.05) is 23.3 Å². The SMILES string of the molecule is CCCCCCNC(=O)Nc1ccc(C(=O)NC(C)(C)CC)cc1. The van der Waals surface area contributed by atoms with Gasteiger partial charge in [0.25, 0.3) is 5.91 Å². The lowest BCUT2D eigenvalue weighted by molar-refractivity contribution is 0.0911. The standard InChI is InChI=1S/C19H31N3O2/c1-5-7-8-9-14-20-18(24)21-16-12-10-15(11-13-16)17(23)22-19(3,4)6-2/h10-13H,5-9,14H2,1-4H3,(H,22,23)(H2,20,21,24). The monoisotopic (exact) mass is 333 g/mol. The summed E-state index contributed by atoms with van der Waals surface area (Å²) in [6, 6.07) is 6.71. The zero-order valence-electron chi connectivity index (χ0n) is 15.4. The van der Waals surface area contributed by atoms with Gasteiger partial charge in [0.15, 0.2) is 0 Å². The van der Waals surface area contributed by atoms with Crippen molar-refractivity contribution >= 4 is 17.6 Å². The summed E-state index contributed by atoms with van der Waals surface area (Å²) in [6.45, 7) is 8.86. The Balaban J connectivity index is 2.44. The summed E-state index contributed by atoms with van der Waals surface area (Å²) >= 11 is 0. The minimum atomic E-state index is -0.230. The highest BCUT2D eigenvalue weighted by Crippen LogP contribution is 2.12. The molecule has 0 aliphatic carbocycles. The first-order chi connectivity index (χ1) is 11.4. The molecule has 1 aromatic rings. The first-order valence-electron chi connectivity index (χ1n) is 8.85. The van der Waals surface area contributed by atoms with Crippen LogP contribution in [-0.4, -0.2) is 24.0 Å². The van der Waals surface area contributed by atoms with Crippen LogP contribution in [0, 0.1) is 0 Å². The molecule has 1 rings (SSSR count). The van der Waals surface area contributed by atoms with Gasteiger partial charge < -0.3 is 16.0 Å². The normalized spacial score (nSPS) is 11.0. The van der Waals surface area contributed by atoms with E-state index in [1.54, 1.807) is 24.3 Å². The molecule has 0 unspecified atom stereocenters. The summed E-state index contributed by atoms with van der Waals surface area (Å²) < 4.78 is 0. The Hall–Kier alpha value is -2.04. The molecule has 0 atom stereocenters. The molecule has 3 N–H and O–H groups in total. The highest BCUT2D eigenvalue weighted by Gasteiger charge is 2.18. The van der Waals surface area contributed by atoms with Crippen LogP contribution in [0.3, 0.4) is 0 Å². The van der Waals surface area contributed by atoms with Crippen LogP contribution in [-0.2, 0) is 0 Å². The quantitative estimate of drug-likeness (QED) is 0.589. The highest BCUT2D eigenvalue weighted by molar-refractivity contribution is 5.95. The number of rotatable bonds is 9. The number of hydrogen-bond donors (Lipinski definition) is 3. The molecule has 0 aliphatic rings. The van der Waals surface area contributed by atoms with Crippen LogP contribution >= 0.6 is 0 Å². The molecule has 5 heteroatoms. The van der Waals surface area contributed by atoms with Crippen molar-refractivity contribution in [2.45, 2.75) is 65.3 Å². The minimum Gasteiger partial charge on any atom is -0.347 e. The molecule has 1 aromatic carbocycles. The number of nitrogens with one attached hydrogen (secondary N) is 3. The lowest BCUT2D eigenvalue weighted by Gasteiger charge is -2.24. The number of carbonyl (C=O) groups is 2. The lowest BCUT2D eigenvalue weighted by atomic mass is 10.0. The third-order valence-corrected chi connectivity index (χ3v) is 4.06. The van der Waals surface area contributed by atoms with Gasteiger partial charge in [-0.1, -0.05) is 33.1 Å². The van der Waals surface area contributed by atoms with Crippen LogP contribution in [0.4, 0.5) is 10.5 Å². The molecule has 0 aliphatic heterocycles. The van der Waals surface area contributed by atoms with Crippen molar-refractivity contribution in [1.29, 1.82) is 0 Å². The van der Waals surface area contributed by atoms with Crippen LogP contribution in [0.25, 0.3) is 0 Å². The molecular weight excluding hydrogens is 302 g/mol. The van der Waals surface area contributed by atoms with Gasteiger partial charge >= 0.3 is 6.03 Å². The van der Waals surface area contributed by atoms with Gasteiger partial charge in [0.05, 0.1) is 0 Å². The molecule has 0 bridgehead atoms. The zero-order chi connectivity index (χ0) is 18.0. The Morgan fingerprint density at radius 2 is 1.67 bits per heavy atom. The van der Waals surface area contributed by atoms with E-state index in [2.05, 4.69) is 22.9 Å². The van der Waals surface area contributed by atoms with Gasteiger partial charge in [-0.3, -0.25) is 4.79 Å². The lowest BCUT2D eigenvalue weighted by Crippen LogP contribution is -2.42. The van der Waals surface area contributed by atoms with Crippen molar-refractivity contribution in [2.24, 2.45) is 0 Å². The summed E-state index contributed by atoms with van der Waals surface area (Å²) in [7, 11) is 0. The van der Waals surface area contributed by atoms with Gasteiger partial charge in [0.1, 0.15) is 0 Å². The van der Waals surface area contributed by atoms with Crippen LogP contribution < -0.4 is 16.0 Å². The third-order valence-electron chi connectivity index (χ3n) is 4.06. The smallest absolute Gasteiger partial charge is 0.319 e. The van der Waals surface area contributed by atoms with E-state index in [0.717, 1.165) is 19.3 Å². The highest BCUT2D eigenvalue weighted by atomic mass is 16.2. The fourth-order valence-corrected chi connectivity index (χ4v) is 2.10. The molecule has 0 fully saturated rings. The van der Waals surface area contributed by atoms with Crippen LogP contribution in [0.15, 0.2) is 24.3 Å². The maximum Gasteiger partial charge on any atom is 0.319 e. The molecule has 0 aromatic heterocycles. The maximum atomic E-state index is 12.2. The van der Waals surface area contributed by atoms with Crippen molar-refractivity contribution < 1.29 is 9.59 Å².